The maximum Gasteiger partial charge on any atom is 0.269 e. The molecule has 2 heterocycles. The van der Waals surface area contributed by atoms with Crippen LogP contribution in [0.5, 0.6) is 0 Å². The van der Waals surface area contributed by atoms with Crippen molar-refractivity contribution in [1.82, 2.24) is 9.88 Å². The predicted octanol–water partition coefficient (Wildman–Crippen LogP) is 5.73. The van der Waals surface area contributed by atoms with E-state index in [4.69, 9.17) is 16.6 Å². The molecule has 0 atom stereocenters. The maximum atomic E-state index is 13.7. The number of benzene rings is 3. The van der Waals surface area contributed by atoms with E-state index >= 15 is 0 Å². The first kappa shape index (κ1) is 22.8. The van der Waals surface area contributed by atoms with Gasteiger partial charge in [-0.3, -0.25) is 14.9 Å². The Bertz CT molecular complexity index is 1420. The molecule has 176 valence electrons. The van der Waals surface area contributed by atoms with Crippen LogP contribution in [0.15, 0.2) is 72.8 Å². The molecule has 1 aromatic heterocycles. The van der Waals surface area contributed by atoms with Crippen LogP contribution >= 0.6 is 11.6 Å². The van der Waals surface area contributed by atoms with E-state index in [1.165, 1.54) is 12.1 Å². The Kier molecular flexibility index (Phi) is 6.09. The van der Waals surface area contributed by atoms with E-state index in [1.807, 2.05) is 60.4 Å². The molecule has 0 N–H and O–H groups in total. The largest absolute Gasteiger partial charge is 0.368 e. The summed E-state index contributed by atoms with van der Waals surface area (Å²) in [6, 6.07) is 21.9. The van der Waals surface area contributed by atoms with Crippen molar-refractivity contribution >= 4 is 39.8 Å². The van der Waals surface area contributed by atoms with Gasteiger partial charge in [0.2, 0.25) is 0 Å². The van der Waals surface area contributed by atoms with Crippen LogP contribution in [-0.4, -0.2) is 46.9 Å². The fourth-order valence-corrected chi connectivity index (χ4v) is 4.61. The number of hydrogen-bond donors (Lipinski definition) is 0. The Morgan fingerprint density at radius 3 is 2.31 bits per heavy atom. The quantitative estimate of drug-likeness (QED) is 0.271. The van der Waals surface area contributed by atoms with Crippen molar-refractivity contribution in [3.05, 3.63) is 99.1 Å². The molecule has 0 aliphatic carbocycles. The molecule has 1 fully saturated rings. The average molecular weight is 487 g/mol. The van der Waals surface area contributed by atoms with E-state index < -0.39 is 4.92 Å². The molecule has 4 aromatic rings. The minimum Gasteiger partial charge on any atom is -0.368 e. The van der Waals surface area contributed by atoms with Gasteiger partial charge in [-0.2, -0.15) is 0 Å². The molecule has 0 bridgehead atoms. The number of carbonyl (C=O) groups excluding carboxylic acids is 1. The molecule has 1 amide bonds. The summed E-state index contributed by atoms with van der Waals surface area (Å²) in [5.41, 5.74) is 4.83. The molecule has 0 spiro atoms. The molecule has 3 aromatic carbocycles. The third-order valence-corrected chi connectivity index (χ3v) is 6.87. The first-order valence-electron chi connectivity index (χ1n) is 11.4. The van der Waals surface area contributed by atoms with Crippen molar-refractivity contribution in [2.75, 3.05) is 31.1 Å². The van der Waals surface area contributed by atoms with Gasteiger partial charge in [0.05, 0.1) is 21.7 Å². The van der Waals surface area contributed by atoms with Crippen LogP contribution in [0, 0.1) is 17.0 Å². The molecule has 8 heteroatoms. The number of piperazine rings is 1. The minimum absolute atomic E-state index is 0.0420. The molecular weight excluding hydrogens is 464 g/mol. The molecule has 35 heavy (non-hydrogen) atoms. The van der Waals surface area contributed by atoms with Crippen LogP contribution in [0.4, 0.5) is 11.4 Å². The second kappa shape index (κ2) is 9.35. The van der Waals surface area contributed by atoms with E-state index in [2.05, 4.69) is 4.90 Å². The summed E-state index contributed by atoms with van der Waals surface area (Å²) in [6.07, 6.45) is 0. The maximum absolute atomic E-state index is 13.7. The van der Waals surface area contributed by atoms with Crippen molar-refractivity contribution < 1.29 is 9.72 Å². The van der Waals surface area contributed by atoms with Crippen molar-refractivity contribution in [1.29, 1.82) is 0 Å². The number of rotatable bonds is 4. The summed E-state index contributed by atoms with van der Waals surface area (Å²) < 4.78 is 0. The van der Waals surface area contributed by atoms with Gasteiger partial charge in [-0.1, -0.05) is 48.0 Å². The molecule has 5 rings (SSSR count). The van der Waals surface area contributed by atoms with Crippen molar-refractivity contribution in [3.63, 3.8) is 0 Å². The standard InChI is InChI=1S/C27H23ClN4O3/c1-18-24(28)12-11-22-23(17-25(29-26(18)22)19-5-3-2-4-6-19)27(33)31-15-13-30(14-16-31)20-7-9-21(10-8-20)32(34)35/h2-12,17H,13-16H2,1H3. The predicted molar refractivity (Wildman–Crippen MR) is 138 cm³/mol. The Balaban J connectivity index is 1.44. The fraction of sp³-hybridized carbons (Fsp3) is 0.185. The van der Waals surface area contributed by atoms with Crippen molar-refractivity contribution in [3.8, 4) is 11.3 Å². The number of nitro groups is 1. The summed E-state index contributed by atoms with van der Waals surface area (Å²) in [7, 11) is 0. The Morgan fingerprint density at radius 1 is 0.971 bits per heavy atom. The van der Waals surface area contributed by atoms with Crippen LogP contribution in [0.3, 0.4) is 0 Å². The van der Waals surface area contributed by atoms with Crippen LogP contribution in [0.25, 0.3) is 22.2 Å². The van der Waals surface area contributed by atoms with Gasteiger partial charge in [-0.05, 0) is 36.8 Å². The first-order chi connectivity index (χ1) is 16.9. The van der Waals surface area contributed by atoms with Crippen LogP contribution in [0.2, 0.25) is 5.02 Å². The van der Waals surface area contributed by atoms with Gasteiger partial charge in [0, 0.05) is 60.0 Å². The Hall–Kier alpha value is -3.97. The highest BCUT2D eigenvalue weighted by molar-refractivity contribution is 6.32. The number of amides is 1. The van der Waals surface area contributed by atoms with Gasteiger partial charge in [-0.15, -0.1) is 0 Å². The molecule has 1 aliphatic rings. The van der Waals surface area contributed by atoms with Gasteiger partial charge in [-0.25, -0.2) is 4.98 Å². The van der Waals surface area contributed by atoms with E-state index in [9.17, 15) is 14.9 Å². The lowest BCUT2D eigenvalue weighted by Crippen LogP contribution is -2.48. The average Bonchev–Trinajstić information content (AvgIpc) is 2.90. The lowest BCUT2D eigenvalue weighted by Gasteiger charge is -2.36. The zero-order valence-corrected chi connectivity index (χ0v) is 19.9. The molecule has 0 radical (unpaired) electrons. The Labute approximate surface area is 207 Å². The van der Waals surface area contributed by atoms with E-state index in [0.29, 0.717) is 36.8 Å². The van der Waals surface area contributed by atoms with Crippen molar-refractivity contribution in [2.24, 2.45) is 0 Å². The molecule has 0 saturated carbocycles. The molecular formula is C27H23ClN4O3. The molecule has 0 unspecified atom stereocenters. The minimum atomic E-state index is -0.405. The number of nitro benzene ring substituents is 1. The van der Waals surface area contributed by atoms with Gasteiger partial charge < -0.3 is 9.80 Å². The van der Waals surface area contributed by atoms with Crippen LogP contribution in [-0.2, 0) is 0 Å². The van der Waals surface area contributed by atoms with Gasteiger partial charge in [0.15, 0.2) is 0 Å². The number of non-ortho nitro benzene ring substituents is 1. The molecule has 7 nitrogen and oxygen atoms in total. The number of nitrogens with zero attached hydrogens (tertiary/aromatic N) is 4. The smallest absolute Gasteiger partial charge is 0.269 e. The normalized spacial score (nSPS) is 13.8. The number of anilines is 1. The topological polar surface area (TPSA) is 79.6 Å². The number of aryl methyl sites for hydroxylation is 1. The summed E-state index contributed by atoms with van der Waals surface area (Å²) in [5.74, 6) is -0.0420. The van der Waals surface area contributed by atoms with E-state index in [0.717, 1.165) is 33.4 Å². The van der Waals surface area contributed by atoms with Crippen molar-refractivity contribution in [2.45, 2.75) is 6.92 Å². The van der Waals surface area contributed by atoms with Gasteiger partial charge >= 0.3 is 0 Å². The van der Waals surface area contributed by atoms with E-state index in [1.54, 1.807) is 12.1 Å². The molecule has 1 saturated heterocycles. The fourth-order valence-electron chi connectivity index (χ4n) is 4.46. The highest BCUT2D eigenvalue weighted by Gasteiger charge is 2.25. The number of halogens is 1. The SMILES string of the molecule is Cc1c(Cl)ccc2c(C(=O)N3CCN(c4ccc([N+](=O)[O-])cc4)CC3)cc(-c3ccccc3)nc12. The van der Waals surface area contributed by atoms with Gasteiger partial charge in [0.1, 0.15) is 0 Å². The molecule has 1 aliphatic heterocycles. The number of fused-ring (bicyclic) bond motifs is 1. The number of carbonyl (C=O) groups is 1. The summed E-state index contributed by atoms with van der Waals surface area (Å²) >= 11 is 6.39. The Morgan fingerprint density at radius 2 is 1.66 bits per heavy atom. The second-order valence-electron chi connectivity index (χ2n) is 8.54. The first-order valence-corrected chi connectivity index (χ1v) is 11.7. The monoisotopic (exact) mass is 486 g/mol. The van der Waals surface area contributed by atoms with Gasteiger partial charge in [0.25, 0.3) is 11.6 Å². The lowest BCUT2D eigenvalue weighted by atomic mass is 10.0. The number of aromatic nitrogens is 1. The zero-order chi connectivity index (χ0) is 24.5. The third-order valence-electron chi connectivity index (χ3n) is 6.46. The highest BCUT2D eigenvalue weighted by Crippen LogP contribution is 2.31. The summed E-state index contributed by atoms with van der Waals surface area (Å²) in [6.45, 7) is 4.30. The second-order valence-corrected chi connectivity index (χ2v) is 8.95. The summed E-state index contributed by atoms with van der Waals surface area (Å²) in [4.78, 5) is 33.1. The highest BCUT2D eigenvalue weighted by atomic mass is 35.5. The third kappa shape index (κ3) is 4.42. The van der Waals surface area contributed by atoms with Crippen LogP contribution in [0.1, 0.15) is 15.9 Å². The zero-order valence-electron chi connectivity index (χ0n) is 19.1. The number of hydrogen-bond acceptors (Lipinski definition) is 5. The van der Waals surface area contributed by atoms with E-state index in [-0.39, 0.29) is 11.6 Å². The summed E-state index contributed by atoms with van der Waals surface area (Å²) in [5, 5.41) is 12.3. The number of pyridine rings is 1. The van der Waals surface area contributed by atoms with Crippen LogP contribution < -0.4 is 4.90 Å². The lowest BCUT2D eigenvalue weighted by molar-refractivity contribution is -0.384.